The van der Waals surface area contributed by atoms with Crippen molar-refractivity contribution in [3.63, 3.8) is 0 Å². The maximum absolute atomic E-state index is 10.4. The first-order valence-corrected chi connectivity index (χ1v) is 5.27. The van der Waals surface area contributed by atoms with Crippen LogP contribution in [0.5, 0.6) is 5.75 Å². The van der Waals surface area contributed by atoms with Gasteiger partial charge in [0.15, 0.2) is 0 Å². The largest absolute Gasteiger partial charge is 0.508 e. The summed E-state index contributed by atoms with van der Waals surface area (Å²) in [6, 6.07) is 5.34. The first-order chi connectivity index (χ1) is 6.72. The summed E-state index contributed by atoms with van der Waals surface area (Å²) >= 11 is 0. The van der Waals surface area contributed by atoms with Gasteiger partial charge < -0.3 is 10.2 Å². The van der Waals surface area contributed by atoms with Crippen LogP contribution >= 0.6 is 0 Å². The summed E-state index contributed by atoms with van der Waals surface area (Å²) in [5.74, 6) is 0.592. The zero-order chi connectivity index (χ0) is 9.76. The predicted octanol–water partition coefficient (Wildman–Crippen LogP) is 2.25. The molecule has 0 spiro atoms. The first-order valence-electron chi connectivity index (χ1n) is 5.27. The Kier molecular flexibility index (Phi) is 1.49. The van der Waals surface area contributed by atoms with Crippen molar-refractivity contribution in [2.24, 2.45) is 0 Å². The Labute approximate surface area is 83.2 Å². The highest BCUT2D eigenvalue weighted by Crippen LogP contribution is 2.57. The molecule has 0 aromatic heterocycles. The number of fused-ring (bicyclic) bond motifs is 4. The van der Waals surface area contributed by atoms with Gasteiger partial charge in [-0.2, -0.15) is 0 Å². The van der Waals surface area contributed by atoms with E-state index >= 15 is 0 Å². The van der Waals surface area contributed by atoms with Gasteiger partial charge in [0.1, 0.15) is 5.75 Å². The first kappa shape index (κ1) is 8.30. The minimum atomic E-state index is -0.568. The van der Waals surface area contributed by atoms with E-state index in [-0.39, 0.29) is 5.92 Å². The summed E-state index contributed by atoms with van der Waals surface area (Å²) in [5.41, 5.74) is 1.63. The van der Waals surface area contributed by atoms with Gasteiger partial charge in [0, 0.05) is 5.92 Å². The molecule has 14 heavy (non-hydrogen) atoms. The Morgan fingerprint density at radius 2 is 2.14 bits per heavy atom. The minimum absolute atomic E-state index is 0.276. The summed E-state index contributed by atoms with van der Waals surface area (Å²) < 4.78 is 0. The Morgan fingerprint density at radius 3 is 3.00 bits per heavy atom. The van der Waals surface area contributed by atoms with Crippen molar-refractivity contribution in [3.8, 4) is 5.75 Å². The second-order valence-corrected chi connectivity index (χ2v) is 4.49. The van der Waals surface area contributed by atoms with Crippen LogP contribution in [0.15, 0.2) is 18.2 Å². The van der Waals surface area contributed by atoms with Crippen molar-refractivity contribution in [3.05, 3.63) is 29.3 Å². The monoisotopic (exact) mass is 190 g/mol. The normalized spacial score (nSPS) is 34.2. The molecular formula is C12H14O2. The number of aliphatic hydroxyl groups is 1. The second-order valence-electron chi connectivity index (χ2n) is 4.49. The number of aromatic hydroxyl groups is 1. The molecule has 0 bridgehead atoms. The van der Waals surface area contributed by atoms with Gasteiger partial charge >= 0.3 is 0 Å². The molecule has 2 aliphatic rings. The molecule has 0 unspecified atom stereocenters. The van der Waals surface area contributed by atoms with Crippen molar-refractivity contribution >= 4 is 0 Å². The molecule has 0 amide bonds. The number of phenols is 1. The second kappa shape index (κ2) is 2.51. The summed E-state index contributed by atoms with van der Waals surface area (Å²) in [4.78, 5) is 0. The Morgan fingerprint density at radius 1 is 1.29 bits per heavy atom. The topological polar surface area (TPSA) is 40.5 Å². The van der Waals surface area contributed by atoms with E-state index in [9.17, 15) is 10.2 Å². The molecule has 2 heteroatoms. The van der Waals surface area contributed by atoms with E-state index in [1.165, 1.54) is 6.42 Å². The SMILES string of the molecule is Oc1ccc2c(c1)[C@H]1CCCC[C@@]21O. The van der Waals surface area contributed by atoms with Crippen molar-refractivity contribution in [1.82, 2.24) is 0 Å². The summed E-state index contributed by atoms with van der Waals surface area (Å²) in [6.07, 6.45) is 4.26. The molecule has 2 nitrogen and oxygen atoms in total. The average molecular weight is 190 g/mol. The molecular weight excluding hydrogens is 176 g/mol. The fourth-order valence-electron chi connectivity index (χ4n) is 3.05. The highest BCUT2D eigenvalue weighted by Gasteiger charge is 2.51. The number of benzene rings is 1. The van der Waals surface area contributed by atoms with E-state index in [0.29, 0.717) is 5.75 Å². The molecule has 2 atom stereocenters. The van der Waals surface area contributed by atoms with Crippen LogP contribution in [0.4, 0.5) is 0 Å². The third-order valence-corrected chi connectivity index (χ3v) is 3.75. The summed E-state index contributed by atoms with van der Waals surface area (Å²) in [6.45, 7) is 0. The van der Waals surface area contributed by atoms with Crippen LogP contribution in [0.2, 0.25) is 0 Å². The fourth-order valence-corrected chi connectivity index (χ4v) is 3.05. The molecule has 2 N–H and O–H groups in total. The standard InChI is InChI=1S/C12H14O2/c13-8-4-5-11-9(7-8)10-3-1-2-6-12(10,11)14/h4-5,7,10,13-14H,1-3,6H2/t10-,12+/m1/s1. The Hall–Kier alpha value is -1.02. The lowest BCUT2D eigenvalue weighted by Crippen LogP contribution is -2.45. The van der Waals surface area contributed by atoms with Crippen molar-refractivity contribution in [2.45, 2.75) is 37.2 Å². The van der Waals surface area contributed by atoms with Crippen LogP contribution in [-0.4, -0.2) is 10.2 Å². The van der Waals surface area contributed by atoms with Crippen molar-refractivity contribution < 1.29 is 10.2 Å². The van der Waals surface area contributed by atoms with Crippen molar-refractivity contribution in [2.75, 3.05) is 0 Å². The van der Waals surface area contributed by atoms with Crippen LogP contribution in [0.3, 0.4) is 0 Å². The molecule has 1 aromatic rings. The van der Waals surface area contributed by atoms with Gasteiger partial charge in [0.05, 0.1) is 5.60 Å². The molecule has 0 heterocycles. The molecule has 0 radical (unpaired) electrons. The highest BCUT2D eigenvalue weighted by atomic mass is 16.3. The fraction of sp³-hybridized carbons (Fsp3) is 0.500. The quantitative estimate of drug-likeness (QED) is 0.658. The number of phenolic OH excluding ortho intramolecular Hbond substituents is 1. The van der Waals surface area contributed by atoms with Gasteiger partial charge in [-0.25, -0.2) is 0 Å². The lowest BCUT2D eigenvalue weighted by atomic mass is 9.58. The van der Waals surface area contributed by atoms with E-state index in [1.807, 2.05) is 6.07 Å². The molecule has 2 aliphatic carbocycles. The van der Waals surface area contributed by atoms with E-state index in [0.717, 1.165) is 30.4 Å². The number of rotatable bonds is 0. The van der Waals surface area contributed by atoms with Crippen LogP contribution in [0.25, 0.3) is 0 Å². The molecule has 1 saturated carbocycles. The average Bonchev–Trinajstić information content (AvgIpc) is 2.17. The van der Waals surface area contributed by atoms with Crippen LogP contribution in [-0.2, 0) is 5.60 Å². The molecule has 0 aliphatic heterocycles. The predicted molar refractivity (Wildman–Crippen MR) is 53.2 cm³/mol. The smallest absolute Gasteiger partial charge is 0.115 e. The molecule has 1 aromatic carbocycles. The van der Waals surface area contributed by atoms with Crippen LogP contribution < -0.4 is 0 Å². The van der Waals surface area contributed by atoms with E-state index in [1.54, 1.807) is 12.1 Å². The lowest BCUT2D eigenvalue weighted by molar-refractivity contribution is -0.0494. The maximum Gasteiger partial charge on any atom is 0.115 e. The van der Waals surface area contributed by atoms with Gasteiger partial charge in [0.25, 0.3) is 0 Å². The highest BCUT2D eigenvalue weighted by molar-refractivity contribution is 5.51. The third-order valence-electron chi connectivity index (χ3n) is 3.75. The van der Waals surface area contributed by atoms with Gasteiger partial charge in [0.2, 0.25) is 0 Å². The van der Waals surface area contributed by atoms with Gasteiger partial charge in [-0.15, -0.1) is 0 Å². The Balaban J connectivity index is 2.11. The van der Waals surface area contributed by atoms with Crippen molar-refractivity contribution in [1.29, 1.82) is 0 Å². The van der Waals surface area contributed by atoms with Crippen LogP contribution in [0, 0.1) is 0 Å². The third kappa shape index (κ3) is 0.845. The number of hydrogen-bond acceptors (Lipinski definition) is 2. The van der Waals surface area contributed by atoms with Crippen LogP contribution in [0.1, 0.15) is 42.7 Å². The zero-order valence-corrected chi connectivity index (χ0v) is 8.03. The van der Waals surface area contributed by atoms with Gasteiger partial charge in [-0.05, 0) is 36.1 Å². The van der Waals surface area contributed by atoms with Gasteiger partial charge in [-0.1, -0.05) is 18.9 Å². The zero-order valence-electron chi connectivity index (χ0n) is 8.03. The number of hydrogen-bond donors (Lipinski definition) is 2. The van der Waals surface area contributed by atoms with Gasteiger partial charge in [-0.3, -0.25) is 0 Å². The van der Waals surface area contributed by atoms with E-state index in [2.05, 4.69) is 0 Å². The molecule has 74 valence electrons. The summed E-state index contributed by atoms with van der Waals surface area (Å²) in [5, 5.41) is 19.8. The van der Waals surface area contributed by atoms with E-state index in [4.69, 9.17) is 0 Å². The summed E-state index contributed by atoms with van der Waals surface area (Å²) in [7, 11) is 0. The molecule has 0 saturated heterocycles. The molecule has 3 rings (SSSR count). The molecule has 1 fully saturated rings. The lowest BCUT2D eigenvalue weighted by Gasteiger charge is -2.50. The Bertz CT molecular complexity index is 386. The maximum atomic E-state index is 10.4. The minimum Gasteiger partial charge on any atom is -0.508 e. The van der Waals surface area contributed by atoms with E-state index < -0.39 is 5.60 Å².